The van der Waals surface area contributed by atoms with E-state index in [1.54, 1.807) is 5.57 Å². The Labute approximate surface area is 285 Å². The van der Waals surface area contributed by atoms with Crippen molar-refractivity contribution in [1.29, 1.82) is 0 Å². The molecule has 4 nitrogen and oxygen atoms in total. The van der Waals surface area contributed by atoms with Gasteiger partial charge >= 0.3 is 0 Å². The predicted molar refractivity (Wildman–Crippen MR) is 194 cm³/mol. The van der Waals surface area contributed by atoms with E-state index >= 15 is 0 Å². The summed E-state index contributed by atoms with van der Waals surface area (Å²) in [6.45, 7) is 0. The fourth-order valence-corrected chi connectivity index (χ4v) is 9.87. The van der Waals surface area contributed by atoms with Crippen LogP contribution in [-0.2, 0) is 10.2 Å². The highest BCUT2D eigenvalue weighted by Gasteiger charge is 2.57. The van der Waals surface area contributed by atoms with Gasteiger partial charge in [0.25, 0.3) is 0 Å². The van der Waals surface area contributed by atoms with E-state index in [4.69, 9.17) is 19.7 Å². The number of fused-ring (bicyclic) bond motifs is 3. The number of aromatic nitrogens is 3. The van der Waals surface area contributed by atoms with Gasteiger partial charge in [0.05, 0.1) is 5.76 Å². The second-order valence-corrected chi connectivity index (χ2v) is 14.6. The molecule has 6 unspecified atom stereocenters. The molecule has 1 aromatic heterocycles. The first kappa shape index (κ1) is 29.8. The van der Waals surface area contributed by atoms with Gasteiger partial charge in [-0.1, -0.05) is 109 Å². The summed E-state index contributed by atoms with van der Waals surface area (Å²) in [6.07, 6.45) is 43.1. The van der Waals surface area contributed by atoms with E-state index in [-0.39, 0.29) is 23.4 Å². The molecule has 2 aromatic rings. The van der Waals surface area contributed by atoms with Crippen LogP contribution in [0.1, 0.15) is 93.2 Å². The summed E-state index contributed by atoms with van der Waals surface area (Å²) in [5.74, 6) is 5.33. The van der Waals surface area contributed by atoms with Gasteiger partial charge in [0.15, 0.2) is 11.6 Å². The Morgan fingerprint density at radius 3 is 2.54 bits per heavy atom. The van der Waals surface area contributed by atoms with E-state index in [9.17, 15) is 0 Å². The highest BCUT2D eigenvalue weighted by atomic mass is 16.5. The van der Waals surface area contributed by atoms with Gasteiger partial charge in [-0.2, -0.15) is 0 Å². The van der Waals surface area contributed by atoms with Crippen LogP contribution in [0.25, 0.3) is 11.1 Å². The average Bonchev–Trinajstić information content (AvgIpc) is 3.17. The smallest absolute Gasteiger partial charge is 0.160 e. The molecule has 0 spiro atoms. The molecule has 48 heavy (non-hydrogen) atoms. The normalized spacial score (nSPS) is 33.3. The lowest BCUT2D eigenvalue weighted by molar-refractivity contribution is -0.0380. The molecule has 7 aliphatic rings. The highest BCUT2D eigenvalue weighted by molar-refractivity contribution is 5.71. The maximum absolute atomic E-state index is 6.86. The van der Waals surface area contributed by atoms with Crippen molar-refractivity contribution >= 4 is 11.1 Å². The molecule has 1 aliphatic heterocycles. The molecule has 4 heteroatoms. The molecular formula is C44H45N3O. The van der Waals surface area contributed by atoms with E-state index in [1.165, 1.54) is 35.3 Å². The lowest BCUT2D eigenvalue weighted by Gasteiger charge is -2.57. The van der Waals surface area contributed by atoms with Gasteiger partial charge in [0.2, 0.25) is 0 Å². The molecule has 1 fully saturated rings. The van der Waals surface area contributed by atoms with Crippen LogP contribution in [0.15, 0.2) is 127 Å². The van der Waals surface area contributed by atoms with Crippen molar-refractivity contribution in [3.05, 3.63) is 150 Å². The minimum Gasteiger partial charge on any atom is -0.490 e. The maximum atomic E-state index is 6.86. The molecule has 1 saturated heterocycles. The van der Waals surface area contributed by atoms with Gasteiger partial charge in [0.1, 0.15) is 11.9 Å². The van der Waals surface area contributed by atoms with Crippen LogP contribution in [0.5, 0.6) is 0 Å². The molecule has 0 radical (unpaired) electrons. The number of benzene rings is 1. The molecular weight excluding hydrogens is 587 g/mol. The number of hydrogen-bond donors (Lipinski definition) is 0. The SMILES string of the molecule is C1=CCCC(c2nc(C3=CC=CC4C=CC=CC34)nc(C3C=C(C4(c5ccccc5)C5CCCC=C5O[C@@H]5C=CCCC54)CCC3)n2)=C1. The third-order valence-corrected chi connectivity index (χ3v) is 12.0. The van der Waals surface area contributed by atoms with Crippen LogP contribution >= 0.6 is 0 Å². The topological polar surface area (TPSA) is 47.9 Å². The number of allylic oxidation sites excluding steroid dienone is 17. The van der Waals surface area contributed by atoms with Gasteiger partial charge < -0.3 is 4.74 Å². The number of ether oxygens (including phenoxy) is 1. The lowest BCUT2D eigenvalue weighted by atomic mass is 9.50. The van der Waals surface area contributed by atoms with E-state index < -0.39 is 0 Å². The van der Waals surface area contributed by atoms with Crippen LogP contribution in [-0.4, -0.2) is 21.1 Å². The molecule has 6 aliphatic carbocycles. The molecule has 242 valence electrons. The largest absolute Gasteiger partial charge is 0.490 e. The summed E-state index contributed by atoms with van der Waals surface area (Å²) >= 11 is 0. The van der Waals surface area contributed by atoms with Gasteiger partial charge in [-0.3, -0.25) is 0 Å². The monoisotopic (exact) mass is 631 g/mol. The summed E-state index contributed by atoms with van der Waals surface area (Å²) in [7, 11) is 0. The predicted octanol–water partition coefficient (Wildman–Crippen LogP) is 10.1. The molecule has 0 saturated carbocycles. The number of hydrogen-bond acceptors (Lipinski definition) is 4. The summed E-state index contributed by atoms with van der Waals surface area (Å²) in [6, 6.07) is 11.5. The van der Waals surface area contributed by atoms with Crippen LogP contribution in [0, 0.1) is 23.7 Å². The third kappa shape index (κ3) is 5.07. The van der Waals surface area contributed by atoms with Crippen molar-refractivity contribution in [2.75, 3.05) is 0 Å². The summed E-state index contributed by atoms with van der Waals surface area (Å²) < 4.78 is 6.86. The Morgan fingerprint density at radius 1 is 0.729 bits per heavy atom. The van der Waals surface area contributed by atoms with Crippen LogP contribution < -0.4 is 0 Å². The quantitative estimate of drug-likeness (QED) is 0.308. The number of rotatable bonds is 5. The first-order chi connectivity index (χ1) is 23.8. The van der Waals surface area contributed by atoms with Gasteiger partial charge in [-0.05, 0) is 87.5 Å². The Hall–Kier alpha value is -4.31. The van der Waals surface area contributed by atoms with Gasteiger partial charge in [0, 0.05) is 40.6 Å². The van der Waals surface area contributed by atoms with Crippen LogP contribution in [0.4, 0.5) is 0 Å². The Morgan fingerprint density at radius 2 is 1.62 bits per heavy atom. The highest BCUT2D eigenvalue weighted by Crippen LogP contribution is 2.60. The van der Waals surface area contributed by atoms with Crippen molar-refractivity contribution in [3.63, 3.8) is 0 Å². The molecule has 0 bridgehead atoms. The first-order valence-corrected chi connectivity index (χ1v) is 18.4. The summed E-state index contributed by atoms with van der Waals surface area (Å²) in [5, 5.41) is 0. The second-order valence-electron chi connectivity index (χ2n) is 14.6. The fraction of sp³-hybridized carbons (Fsp3) is 0.386. The Kier molecular flexibility index (Phi) is 7.83. The van der Waals surface area contributed by atoms with Gasteiger partial charge in [-0.25, -0.2) is 15.0 Å². The van der Waals surface area contributed by atoms with Gasteiger partial charge in [-0.15, -0.1) is 0 Å². The standard InChI is InChI=1S/C44H45N3O/c1-3-16-31(17-4-1)41-45-42(47-43(46-41)36-24-14-18-30-15-7-8-23-35(30)36)32-19-13-22-34(29-32)44(33-20-5-2-6-21-33)37-25-9-11-27-39(37)48-40-28-12-10-26-38(40)44/h1-3,5-8,11,14-16,18,20-21,23-24,27-30,32,35,37-39H,4,9-10,12-13,17,19,22,25-26H2/t30?,32?,35?,37?,38?,39-,44?/m1/s1. The van der Waals surface area contributed by atoms with E-state index in [2.05, 4.69) is 115 Å². The van der Waals surface area contributed by atoms with Crippen LogP contribution in [0.2, 0.25) is 0 Å². The molecule has 9 rings (SSSR count). The second kappa shape index (κ2) is 12.6. The van der Waals surface area contributed by atoms with E-state index in [0.29, 0.717) is 17.8 Å². The zero-order chi connectivity index (χ0) is 31.9. The third-order valence-electron chi connectivity index (χ3n) is 12.0. The Balaban J connectivity index is 1.20. The molecule has 2 heterocycles. The number of nitrogens with zero attached hydrogens (tertiary/aromatic N) is 3. The van der Waals surface area contributed by atoms with Crippen molar-refractivity contribution in [1.82, 2.24) is 15.0 Å². The maximum Gasteiger partial charge on any atom is 0.160 e. The first-order valence-electron chi connectivity index (χ1n) is 18.4. The summed E-state index contributed by atoms with van der Waals surface area (Å²) in [4.78, 5) is 15.9. The van der Waals surface area contributed by atoms with Crippen molar-refractivity contribution in [2.45, 2.75) is 81.6 Å². The van der Waals surface area contributed by atoms with Crippen molar-refractivity contribution < 1.29 is 4.74 Å². The van der Waals surface area contributed by atoms with Crippen LogP contribution in [0.3, 0.4) is 0 Å². The minimum absolute atomic E-state index is 0.0988. The molecule has 1 aromatic carbocycles. The minimum atomic E-state index is -0.0988. The fourth-order valence-electron chi connectivity index (χ4n) is 9.87. The average molecular weight is 632 g/mol. The lowest BCUT2D eigenvalue weighted by Crippen LogP contribution is -2.55. The summed E-state index contributed by atoms with van der Waals surface area (Å²) in [5.41, 5.74) is 5.35. The molecule has 0 N–H and O–H groups in total. The molecule has 0 amide bonds. The van der Waals surface area contributed by atoms with E-state index in [1.807, 2.05) is 0 Å². The van der Waals surface area contributed by atoms with Crippen molar-refractivity contribution in [2.24, 2.45) is 23.7 Å². The van der Waals surface area contributed by atoms with E-state index in [0.717, 1.165) is 68.8 Å². The molecule has 7 atom stereocenters. The zero-order valence-electron chi connectivity index (χ0n) is 27.8. The van der Waals surface area contributed by atoms with Crippen molar-refractivity contribution in [3.8, 4) is 0 Å². The zero-order valence-corrected chi connectivity index (χ0v) is 27.8. The Bertz CT molecular complexity index is 1850.